The lowest BCUT2D eigenvalue weighted by Crippen LogP contribution is -2.40. The Hall–Kier alpha value is -3.27. The van der Waals surface area contributed by atoms with Crippen LogP contribution in [0.25, 0.3) is 33.3 Å². The normalized spacial score (nSPS) is 15.2. The van der Waals surface area contributed by atoms with Crippen molar-refractivity contribution < 1.29 is 13.2 Å². The Balaban J connectivity index is 1.58. The predicted molar refractivity (Wildman–Crippen MR) is 116 cm³/mol. The van der Waals surface area contributed by atoms with Crippen molar-refractivity contribution in [2.45, 2.75) is 4.90 Å². The van der Waals surface area contributed by atoms with Gasteiger partial charge in [0.1, 0.15) is 11.2 Å². The van der Waals surface area contributed by atoms with E-state index in [4.69, 9.17) is 4.74 Å². The average molecular weight is 433 g/mol. The van der Waals surface area contributed by atoms with Crippen LogP contribution in [0.1, 0.15) is 0 Å². The SMILES string of the molecule is O=S(=O)(c1cncc(-c2ccc3ncnc(-c4ccncc4)c3c2)c1)N1CCOCC1. The largest absolute Gasteiger partial charge is 0.379 e. The van der Waals surface area contributed by atoms with Crippen LogP contribution in [0.2, 0.25) is 0 Å². The Morgan fingerprint density at radius 3 is 2.45 bits per heavy atom. The summed E-state index contributed by atoms with van der Waals surface area (Å²) in [6, 6.07) is 11.2. The molecule has 0 saturated carbocycles. The number of pyridine rings is 2. The zero-order chi connectivity index (χ0) is 21.3. The van der Waals surface area contributed by atoms with Gasteiger partial charge in [0.15, 0.2) is 0 Å². The van der Waals surface area contributed by atoms with Crippen molar-refractivity contribution in [2.24, 2.45) is 0 Å². The van der Waals surface area contributed by atoms with E-state index in [1.807, 2.05) is 30.3 Å². The van der Waals surface area contributed by atoms with Crippen LogP contribution in [0.3, 0.4) is 0 Å². The van der Waals surface area contributed by atoms with Crippen molar-refractivity contribution in [2.75, 3.05) is 26.3 Å². The fraction of sp³-hybridized carbons (Fsp3) is 0.182. The molecule has 9 heteroatoms. The summed E-state index contributed by atoms with van der Waals surface area (Å²) in [4.78, 5) is 17.3. The van der Waals surface area contributed by atoms with E-state index in [9.17, 15) is 8.42 Å². The monoisotopic (exact) mass is 433 g/mol. The molecule has 31 heavy (non-hydrogen) atoms. The van der Waals surface area contributed by atoms with E-state index in [-0.39, 0.29) is 4.90 Å². The number of hydrogen-bond donors (Lipinski definition) is 0. The molecule has 156 valence electrons. The molecular formula is C22H19N5O3S. The van der Waals surface area contributed by atoms with Crippen LogP contribution in [0, 0.1) is 0 Å². The Morgan fingerprint density at radius 1 is 0.839 bits per heavy atom. The maximum Gasteiger partial charge on any atom is 0.244 e. The molecule has 0 bridgehead atoms. The van der Waals surface area contributed by atoms with Gasteiger partial charge in [-0.15, -0.1) is 0 Å². The number of aromatic nitrogens is 4. The predicted octanol–water partition coefficient (Wildman–Crippen LogP) is 2.77. The highest BCUT2D eigenvalue weighted by molar-refractivity contribution is 7.89. The summed E-state index contributed by atoms with van der Waals surface area (Å²) in [5.74, 6) is 0. The number of fused-ring (bicyclic) bond motifs is 1. The topological polar surface area (TPSA) is 98.2 Å². The Labute approximate surface area is 179 Å². The van der Waals surface area contributed by atoms with Crippen LogP contribution in [-0.4, -0.2) is 59.0 Å². The second-order valence-electron chi connectivity index (χ2n) is 7.12. The minimum atomic E-state index is -3.63. The number of nitrogens with zero attached hydrogens (tertiary/aromatic N) is 5. The van der Waals surface area contributed by atoms with E-state index in [2.05, 4.69) is 19.9 Å². The minimum Gasteiger partial charge on any atom is -0.379 e. The Morgan fingerprint density at radius 2 is 1.65 bits per heavy atom. The summed E-state index contributed by atoms with van der Waals surface area (Å²) < 4.78 is 32.8. The standard InChI is InChI=1S/C22H19N5O3S/c28-31(29,27-7-9-30-10-8-27)19-11-18(13-24-14-19)17-1-2-21-20(12-17)22(26-15-25-21)16-3-5-23-6-4-16/h1-6,11-15H,7-10H2. The number of ether oxygens (including phenoxy) is 1. The molecule has 0 amide bonds. The highest BCUT2D eigenvalue weighted by Crippen LogP contribution is 2.30. The van der Waals surface area contributed by atoms with Crippen molar-refractivity contribution in [1.82, 2.24) is 24.2 Å². The molecule has 1 aromatic carbocycles. The van der Waals surface area contributed by atoms with Crippen LogP contribution in [0.15, 0.2) is 72.4 Å². The summed E-state index contributed by atoms with van der Waals surface area (Å²) in [5, 5.41) is 0.868. The first kappa shape index (κ1) is 19.7. The van der Waals surface area contributed by atoms with Gasteiger partial charge in [0, 0.05) is 54.4 Å². The van der Waals surface area contributed by atoms with Crippen molar-refractivity contribution in [1.29, 1.82) is 0 Å². The van der Waals surface area contributed by atoms with Gasteiger partial charge in [-0.25, -0.2) is 18.4 Å². The van der Waals surface area contributed by atoms with Crippen LogP contribution >= 0.6 is 0 Å². The molecule has 4 aromatic rings. The lowest BCUT2D eigenvalue weighted by Gasteiger charge is -2.26. The second kappa shape index (κ2) is 8.10. The Bertz CT molecular complexity index is 1340. The fourth-order valence-corrected chi connectivity index (χ4v) is 5.03. The molecule has 5 rings (SSSR count). The molecule has 4 heterocycles. The van der Waals surface area contributed by atoms with Gasteiger partial charge in [0.25, 0.3) is 0 Å². The quantitative estimate of drug-likeness (QED) is 0.488. The molecular weight excluding hydrogens is 414 g/mol. The fourth-order valence-electron chi connectivity index (χ4n) is 3.63. The van der Waals surface area contributed by atoms with Gasteiger partial charge in [-0.1, -0.05) is 6.07 Å². The van der Waals surface area contributed by atoms with E-state index >= 15 is 0 Å². The third-order valence-electron chi connectivity index (χ3n) is 5.24. The van der Waals surface area contributed by atoms with Crippen molar-refractivity contribution >= 4 is 20.9 Å². The van der Waals surface area contributed by atoms with Crippen LogP contribution < -0.4 is 0 Å². The first-order chi connectivity index (χ1) is 15.1. The Kier molecular flexibility index (Phi) is 5.14. The third kappa shape index (κ3) is 3.78. The highest BCUT2D eigenvalue weighted by atomic mass is 32.2. The third-order valence-corrected chi connectivity index (χ3v) is 7.11. The van der Waals surface area contributed by atoms with E-state index in [0.29, 0.717) is 31.9 Å². The second-order valence-corrected chi connectivity index (χ2v) is 9.05. The molecule has 1 aliphatic rings. The van der Waals surface area contributed by atoms with Crippen LogP contribution in [0.5, 0.6) is 0 Å². The van der Waals surface area contributed by atoms with Gasteiger partial charge in [0.2, 0.25) is 10.0 Å². The maximum atomic E-state index is 13.0. The van der Waals surface area contributed by atoms with Gasteiger partial charge in [-0.3, -0.25) is 9.97 Å². The lowest BCUT2D eigenvalue weighted by atomic mass is 10.0. The van der Waals surface area contributed by atoms with Crippen molar-refractivity contribution in [3.8, 4) is 22.4 Å². The summed E-state index contributed by atoms with van der Waals surface area (Å²) in [7, 11) is -3.63. The molecule has 0 N–H and O–H groups in total. The molecule has 0 aliphatic carbocycles. The zero-order valence-electron chi connectivity index (χ0n) is 16.5. The maximum absolute atomic E-state index is 13.0. The van der Waals surface area contributed by atoms with Crippen molar-refractivity contribution in [3.63, 3.8) is 0 Å². The molecule has 1 aliphatic heterocycles. The number of sulfonamides is 1. The average Bonchev–Trinajstić information content (AvgIpc) is 2.84. The van der Waals surface area contributed by atoms with E-state index in [1.165, 1.54) is 16.8 Å². The molecule has 0 unspecified atom stereocenters. The first-order valence-electron chi connectivity index (χ1n) is 9.81. The molecule has 0 atom stereocenters. The van der Waals surface area contributed by atoms with Gasteiger partial charge in [0.05, 0.1) is 24.4 Å². The molecule has 0 radical (unpaired) electrons. The first-order valence-corrected chi connectivity index (χ1v) is 11.3. The van der Waals surface area contributed by atoms with Crippen LogP contribution in [-0.2, 0) is 14.8 Å². The van der Waals surface area contributed by atoms with Gasteiger partial charge in [-0.05, 0) is 35.9 Å². The van der Waals surface area contributed by atoms with E-state index in [0.717, 1.165) is 27.7 Å². The summed E-state index contributed by atoms with van der Waals surface area (Å²) in [5.41, 5.74) is 4.07. The number of morpholine rings is 1. The number of hydrogen-bond acceptors (Lipinski definition) is 7. The summed E-state index contributed by atoms with van der Waals surface area (Å²) in [6.07, 6.45) is 8.03. The molecule has 0 spiro atoms. The highest BCUT2D eigenvalue weighted by Gasteiger charge is 2.27. The van der Waals surface area contributed by atoms with Gasteiger partial charge in [-0.2, -0.15) is 4.31 Å². The summed E-state index contributed by atoms with van der Waals surface area (Å²) in [6.45, 7) is 1.48. The van der Waals surface area contributed by atoms with Gasteiger partial charge < -0.3 is 4.74 Å². The molecule has 1 saturated heterocycles. The van der Waals surface area contributed by atoms with Crippen molar-refractivity contribution in [3.05, 3.63) is 67.5 Å². The van der Waals surface area contributed by atoms with Crippen LogP contribution in [0.4, 0.5) is 0 Å². The van der Waals surface area contributed by atoms with Gasteiger partial charge >= 0.3 is 0 Å². The number of benzene rings is 1. The zero-order valence-corrected chi connectivity index (χ0v) is 17.4. The summed E-state index contributed by atoms with van der Waals surface area (Å²) >= 11 is 0. The molecule has 8 nitrogen and oxygen atoms in total. The molecule has 1 fully saturated rings. The molecule has 3 aromatic heterocycles. The minimum absolute atomic E-state index is 0.172. The number of rotatable bonds is 4. The smallest absolute Gasteiger partial charge is 0.244 e. The lowest BCUT2D eigenvalue weighted by molar-refractivity contribution is 0.0730. The van der Waals surface area contributed by atoms with E-state index in [1.54, 1.807) is 24.7 Å². The van der Waals surface area contributed by atoms with E-state index < -0.39 is 10.0 Å².